The molecule has 1 aliphatic heterocycles. The van der Waals surface area contributed by atoms with Crippen molar-refractivity contribution in [3.05, 3.63) is 28.2 Å². The third kappa shape index (κ3) is 3.16. The summed E-state index contributed by atoms with van der Waals surface area (Å²) in [7, 11) is -3.93. The smallest absolute Gasteiger partial charge is 0.307 e. The normalized spacial score (nSPS) is 23.0. The van der Waals surface area contributed by atoms with Crippen molar-refractivity contribution in [2.24, 2.45) is 5.92 Å². The fourth-order valence-corrected chi connectivity index (χ4v) is 4.93. The monoisotopic (exact) mass is 386 g/mol. The first-order valence-electron chi connectivity index (χ1n) is 6.71. The maximum atomic E-state index is 12.9. The maximum absolute atomic E-state index is 12.9. The van der Waals surface area contributed by atoms with Crippen LogP contribution in [0.25, 0.3) is 0 Å². The van der Waals surface area contributed by atoms with Gasteiger partial charge in [-0.1, -0.05) is 15.9 Å². The molecule has 118 valence electrons. The van der Waals surface area contributed by atoms with Gasteiger partial charge in [-0.15, -0.1) is 0 Å². The third-order valence-electron chi connectivity index (χ3n) is 3.82. The average molecular weight is 387 g/mol. The predicted molar refractivity (Wildman–Crippen MR) is 82.6 cm³/mol. The van der Waals surface area contributed by atoms with E-state index >= 15 is 0 Å². The van der Waals surface area contributed by atoms with Crippen LogP contribution in [0.4, 0.5) is 0 Å². The van der Waals surface area contributed by atoms with Gasteiger partial charge in [-0.2, -0.15) is 9.57 Å². The number of carbonyl (C=O) groups is 1. The summed E-state index contributed by atoms with van der Waals surface area (Å²) in [4.78, 5) is 11.1. The lowest BCUT2D eigenvalue weighted by atomic mass is 9.96. The van der Waals surface area contributed by atoms with Gasteiger partial charge in [0.25, 0.3) is 0 Å². The van der Waals surface area contributed by atoms with Gasteiger partial charge in [0.05, 0.1) is 11.5 Å². The zero-order valence-electron chi connectivity index (χ0n) is 11.9. The quantitative estimate of drug-likeness (QED) is 0.857. The van der Waals surface area contributed by atoms with Crippen molar-refractivity contribution in [1.29, 1.82) is 5.26 Å². The van der Waals surface area contributed by atoms with E-state index in [1.165, 1.54) is 16.4 Å². The minimum Gasteiger partial charge on any atom is -0.481 e. The molecule has 1 N–H and O–H groups in total. The Morgan fingerprint density at radius 3 is 2.73 bits per heavy atom. The minimum atomic E-state index is -3.93. The van der Waals surface area contributed by atoms with Crippen molar-refractivity contribution < 1.29 is 18.3 Å². The lowest BCUT2D eigenvalue weighted by Gasteiger charge is -2.35. The summed E-state index contributed by atoms with van der Waals surface area (Å²) in [6.07, 6.45) is 0.929. The van der Waals surface area contributed by atoms with Crippen LogP contribution >= 0.6 is 15.9 Å². The number of nitriles is 1. The second-order valence-corrected chi connectivity index (χ2v) is 8.06. The molecule has 2 unspecified atom stereocenters. The lowest BCUT2D eigenvalue weighted by Crippen LogP contribution is -2.47. The van der Waals surface area contributed by atoms with Gasteiger partial charge >= 0.3 is 5.97 Å². The van der Waals surface area contributed by atoms with Crippen LogP contribution in [0.1, 0.15) is 25.3 Å². The first-order valence-corrected chi connectivity index (χ1v) is 8.95. The van der Waals surface area contributed by atoms with E-state index in [4.69, 9.17) is 10.4 Å². The Balaban J connectivity index is 2.47. The van der Waals surface area contributed by atoms with Crippen LogP contribution in [-0.4, -0.2) is 36.4 Å². The summed E-state index contributed by atoms with van der Waals surface area (Å²) in [6.45, 7) is 1.68. The molecule has 22 heavy (non-hydrogen) atoms. The molecule has 0 bridgehead atoms. The SMILES string of the molecule is CC1CCC(C(=O)O)CN1S(=O)(=O)c1cc(Br)ccc1C#N. The summed E-state index contributed by atoms with van der Waals surface area (Å²) >= 11 is 3.21. The van der Waals surface area contributed by atoms with E-state index in [2.05, 4.69) is 15.9 Å². The van der Waals surface area contributed by atoms with Crippen molar-refractivity contribution in [2.75, 3.05) is 6.54 Å². The van der Waals surface area contributed by atoms with Gasteiger partial charge in [-0.25, -0.2) is 8.42 Å². The molecule has 0 aromatic heterocycles. The van der Waals surface area contributed by atoms with E-state index in [-0.39, 0.29) is 23.0 Å². The fraction of sp³-hybridized carbons (Fsp3) is 0.429. The molecule has 2 atom stereocenters. The Hall–Kier alpha value is -1.43. The molecule has 1 fully saturated rings. The van der Waals surface area contributed by atoms with Crippen LogP contribution in [0.3, 0.4) is 0 Å². The molecule has 1 heterocycles. The molecule has 0 aliphatic carbocycles. The number of hydrogen-bond acceptors (Lipinski definition) is 4. The second-order valence-electron chi connectivity index (χ2n) is 5.29. The molecular weight excluding hydrogens is 372 g/mol. The van der Waals surface area contributed by atoms with Crippen LogP contribution in [0.15, 0.2) is 27.6 Å². The summed E-state index contributed by atoms with van der Waals surface area (Å²) < 4.78 is 27.5. The van der Waals surface area contributed by atoms with Crippen molar-refractivity contribution >= 4 is 31.9 Å². The molecule has 8 heteroatoms. The first-order chi connectivity index (χ1) is 10.3. The van der Waals surface area contributed by atoms with E-state index in [0.717, 1.165) is 0 Å². The number of hydrogen-bond donors (Lipinski definition) is 1. The Labute approximate surface area is 137 Å². The van der Waals surface area contributed by atoms with Gasteiger partial charge in [0, 0.05) is 17.1 Å². The van der Waals surface area contributed by atoms with Crippen LogP contribution in [0.5, 0.6) is 0 Å². The molecule has 1 saturated heterocycles. The molecule has 0 radical (unpaired) electrons. The number of halogens is 1. The first kappa shape index (κ1) is 16.9. The zero-order chi connectivity index (χ0) is 16.5. The molecular formula is C14H15BrN2O4S. The highest BCUT2D eigenvalue weighted by molar-refractivity contribution is 9.10. The van der Waals surface area contributed by atoms with Crippen molar-refractivity contribution in [2.45, 2.75) is 30.7 Å². The lowest BCUT2D eigenvalue weighted by molar-refractivity contribution is -0.143. The fourth-order valence-electron chi connectivity index (χ4n) is 2.54. The van der Waals surface area contributed by atoms with E-state index in [1.54, 1.807) is 13.0 Å². The number of sulfonamides is 1. The molecule has 1 aromatic rings. The van der Waals surface area contributed by atoms with E-state index in [0.29, 0.717) is 17.3 Å². The third-order valence-corrected chi connectivity index (χ3v) is 6.34. The van der Waals surface area contributed by atoms with Gasteiger partial charge < -0.3 is 5.11 Å². The Morgan fingerprint density at radius 1 is 1.45 bits per heavy atom. The summed E-state index contributed by atoms with van der Waals surface area (Å²) in [5.74, 6) is -1.72. The Kier molecular flexibility index (Phi) is 4.90. The maximum Gasteiger partial charge on any atom is 0.307 e. The molecule has 0 saturated carbocycles. The molecule has 6 nitrogen and oxygen atoms in total. The second kappa shape index (κ2) is 6.36. The zero-order valence-corrected chi connectivity index (χ0v) is 14.3. The molecule has 2 rings (SSSR count). The highest BCUT2D eigenvalue weighted by Crippen LogP contribution is 2.30. The highest BCUT2D eigenvalue weighted by atomic mass is 79.9. The van der Waals surface area contributed by atoms with Gasteiger partial charge in [-0.3, -0.25) is 4.79 Å². The molecule has 0 amide bonds. The standard InChI is InChI=1S/C14H15BrN2O4S/c1-9-2-3-11(14(18)19)8-17(9)22(20,21)13-6-12(15)5-4-10(13)7-16/h4-6,9,11H,2-3,8H2,1H3,(H,18,19). The number of nitrogens with zero attached hydrogens (tertiary/aromatic N) is 2. The Morgan fingerprint density at radius 2 is 2.14 bits per heavy atom. The molecule has 1 aliphatic rings. The van der Waals surface area contributed by atoms with Crippen LogP contribution in [-0.2, 0) is 14.8 Å². The predicted octanol–water partition coefficient (Wildman–Crippen LogP) is 2.19. The summed E-state index contributed by atoms with van der Waals surface area (Å²) in [5, 5.41) is 18.3. The largest absolute Gasteiger partial charge is 0.481 e. The van der Waals surface area contributed by atoms with Gasteiger partial charge in [-0.05, 0) is 38.0 Å². The van der Waals surface area contributed by atoms with E-state index in [1.807, 2.05) is 6.07 Å². The topological polar surface area (TPSA) is 98.5 Å². The number of piperidine rings is 1. The van der Waals surface area contributed by atoms with Crippen LogP contribution < -0.4 is 0 Å². The van der Waals surface area contributed by atoms with E-state index in [9.17, 15) is 13.2 Å². The molecule has 1 aromatic carbocycles. The number of carboxylic acid groups (broad SMARTS) is 1. The highest BCUT2D eigenvalue weighted by Gasteiger charge is 2.38. The van der Waals surface area contributed by atoms with Crippen molar-refractivity contribution in [3.8, 4) is 6.07 Å². The van der Waals surface area contributed by atoms with Crippen LogP contribution in [0.2, 0.25) is 0 Å². The number of aliphatic carboxylic acids is 1. The summed E-state index contributed by atoms with van der Waals surface area (Å²) in [6, 6.07) is 5.98. The number of benzene rings is 1. The number of rotatable bonds is 3. The average Bonchev–Trinajstić information content (AvgIpc) is 2.47. The Bertz CT molecular complexity index is 742. The minimum absolute atomic E-state index is 0.0489. The van der Waals surface area contributed by atoms with Gasteiger partial charge in [0.15, 0.2) is 0 Å². The van der Waals surface area contributed by atoms with E-state index < -0.39 is 21.9 Å². The van der Waals surface area contributed by atoms with Crippen molar-refractivity contribution in [1.82, 2.24) is 4.31 Å². The number of carboxylic acids is 1. The summed E-state index contributed by atoms with van der Waals surface area (Å²) in [5.41, 5.74) is 0.0489. The van der Waals surface area contributed by atoms with Gasteiger partial charge in [0.1, 0.15) is 11.0 Å². The van der Waals surface area contributed by atoms with Gasteiger partial charge in [0.2, 0.25) is 10.0 Å². The van der Waals surface area contributed by atoms with Crippen LogP contribution in [0, 0.1) is 17.2 Å². The van der Waals surface area contributed by atoms with Crippen molar-refractivity contribution in [3.63, 3.8) is 0 Å². The molecule has 0 spiro atoms.